The Balaban J connectivity index is 4.27. The molecule has 0 saturated heterocycles. The second kappa shape index (κ2) is 38.7. The molecule has 0 aromatic rings. The summed E-state index contributed by atoms with van der Waals surface area (Å²) in [5.41, 5.74) is 0. The summed E-state index contributed by atoms with van der Waals surface area (Å²) in [6.07, 6.45) is 35.4. The molecule has 53 heavy (non-hydrogen) atoms. The van der Waals surface area contributed by atoms with Crippen LogP contribution in [-0.2, 0) is 28.6 Å². The Labute approximate surface area is 329 Å². The Morgan fingerprint density at radius 2 is 0.547 bits per heavy atom. The average molecular weight is 751 g/mol. The summed E-state index contributed by atoms with van der Waals surface area (Å²) in [6, 6.07) is 0. The lowest BCUT2D eigenvalue weighted by Gasteiger charge is -2.18. The van der Waals surface area contributed by atoms with Gasteiger partial charge < -0.3 is 14.2 Å². The number of ether oxygens (including phenoxy) is 3. The highest BCUT2D eigenvalue weighted by Gasteiger charge is 2.19. The molecule has 0 saturated carbocycles. The third-order valence-corrected chi connectivity index (χ3v) is 10.4. The van der Waals surface area contributed by atoms with Crippen LogP contribution in [0, 0.1) is 17.8 Å². The van der Waals surface area contributed by atoms with Crippen molar-refractivity contribution in [2.24, 2.45) is 17.8 Å². The van der Waals surface area contributed by atoms with Gasteiger partial charge in [-0.05, 0) is 37.0 Å². The van der Waals surface area contributed by atoms with E-state index in [1.807, 2.05) is 0 Å². The van der Waals surface area contributed by atoms with Gasteiger partial charge in [0, 0.05) is 19.3 Å². The van der Waals surface area contributed by atoms with E-state index < -0.39 is 6.10 Å². The molecule has 0 fully saturated rings. The van der Waals surface area contributed by atoms with Gasteiger partial charge in [-0.25, -0.2) is 0 Å². The Bertz CT molecular complexity index is 822. The first-order chi connectivity index (χ1) is 25.6. The van der Waals surface area contributed by atoms with Gasteiger partial charge in [0.2, 0.25) is 0 Å². The van der Waals surface area contributed by atoms with Gasteiger partial charge in [-0.1, -0.05) is 208 Å². The number of unbranched alkanes of at least 4 members (excludes halogenated alkanes) is 23. The Morgan fingerprint density at radius 1 is 0.321 bits per heavy atom. The fraction of sp³-hybridized carbons (Fsp3) is 0.936. The predicted molar refractivity (Wildman–Crippen MR) is 224 cm³/mol. The van der Waals surface area contributed by atoms with Crippen LogP contribution in [0.2, 0.25) is 0 Å². The lowest BCUT2D eigenvalue weighted by atomic mass is 10.0. The van der Waals surface area contributed by atoms with Crippen LogP contribution in [0.5, 0.6) is 0 Å². The normalized spacial score (nSPS) is 12.2. The summed E-state index contributed by atoms with van der Waals surface area (Å²) in [7, 11) is 0. The smallest absolute Gasteiger partial charge is 0.306 e. The minimum Gasteiger partial charge on any atom is -0.462 e. The lowest BCUT2D eigenvalue weighted by molar-refractivity contribution is -0.167. The topological polar surface area (TPSA) is 78.9 Å². The molecule has 0 aromatic heterocycles. The molecule has 0 aliphatic rings. The van der Waals surface area contributed by atoms with E-state index in [1.54, 1.807) is 0 Å². The maximum absolute atomic E-state index is 12.7. The van der Waals surface area contributed by atoms with Crippen molar-refractivity contribution >= 4 is 17.9 Å². The zero-order chi connectivity index (χ0) is 39.2. The van der Waals surface area contributed by atoms with Gasteiger partial charge in [-0.3, -0.25) is 14.4 Å². The number of hydrogen-bond acceptors (Lipinski definition) is 6. The minimum atomic E-state index is -0.762. The van der Waals surface area contributed by atoms with Crippen LogP contribution >= 0.6 is 0 Å². The molecule has 0 amide bonds. The molecule has 0 aromatic carbocycles. The standard InChI is InChI=1S/C47H90O6/c1-41(2)33-27-21-15-12-10-8-7-9-11-13-17-24-30-36-45(48)51-39-44(53-47(50)38-32-26-20-19-23-29-35-43(5)6)40-52-46(49)37-31-25-18-14-16-22-28-34-42(3)4/h41-44H,7-40H2,1-6H3/t44-/m0/s1. The zero-order valence-corrected chi connectivity index (χ0v) is 36.3. The van der Waals surface area contributed by atoms with Crippen molar-refractivity contribution in [1.82, 2.24) is 0 Å². The van der Waals surface area contributed by atoms with Gasteiger partial charge in [-0.15, -0.1) is 0 Å². The molecule has 0 spiro atoms. The van der Waals surface area contributed by atoms with Crippen molar-refractivity contribution in [3.63, 3.8) is 0 Å². The summed E-state index contributed by atoms with van der Waals surface area (Å²) in [4.78, 5) is 37.7. The van der Waals surface area contributed by atoms with Gasteiger partial charge in [0.05, 0.1) is 0 Å². The highest BCUT2D eigenvalue weighted by atomic mass is 16.6. The molecule has 0 bridgehead atoms. The average Bonchev–Trinajstić information content (AvgIpc) is 3.11. The van der Waals surface area contributed by atoms with Gasteiger partial charge in [0.15, 0.2) is 6.10 Å². The van der Waals surface area contributed by atoms with Crippen molar-refractivity contribution in [3.8, 4) is 0 Å². The Hall–Kier alpha value is -1.59. The maximum atomic E-state index is 12.7. The van der Waals surface area contributed by atoms with Crippen LogP contribution in [0.3, 0.4) is 0 Å². The van der Waals surface area contributed by atoms with E-state index >= 15 is 0 Å². The molecule has 0 heterocycles. The number of carbonyl (C=O) groups excluding carboxylic acids is 3. The molecule has 6 heteroatoms. The van der Waals surface area contributed by atoms with E-state index in [2.05, 4.69) is 41.5 Å². The van der Waals surface area contributed by atoms with Gasteiger partial charge >= 0.3 is 17.9 Å². The zero-order valence-electron chi connectivity index (χ0n) is 36.3. The second-order valence-corrected chi connectivity index (χ2v) is 17.5. The summed E-state index contributed by atoms with van der Waals surface area (Å²) in [5, 5.41) is 0. The molecule has 0 unspecified atom stereocenters. The van der Waals surface area contributed by atoms with Crippen molar-refractivity contribution in [3.05, 3.63) is 0 Å². The molecule has 0 aliphatic carbocycles. The third-order valence-electron chi connectivity index (χ3n) is 10.4. The largest absolute Gasteiger partial charge is 0.462 e. The van der Waals surface area contributed by atoms with E-state index in [4.69, 9.17) is 14.2 Å². The van der Waals surface area contributed by atoms with Crippen molar-refractivity contribution < 1.29 is 28.6 Å². The first-order valence-electron chi connectivity index (χ1n) is 23.1. The molecule has 1 atom stereocenters. The third kappa shape index (κ3) is 41.4. The van der Waals surface area contributed by atoms with Crippen molar-refractivity contribution in [2.75, 3.05) is 13.2 Å². The van der Waals surface area contributed by atoms with E-state index in [0.29, 0.717) is 19.3 Å². The molecule has 0 N–H and O–H groups in total. The molecule has 0 aliphatic heterocycles. The quantitative estimate of drug-likeness (QED) is 0.0352. The minimum absolute atomic E-state index is 0.0670. The summed E-state index contributed by atoms with van der Waals surface area (Å²) >= 11 is 0. The lowest BCUT2D eigenvalue weighted by Crippen LogP contribution is -2.30. The molecule has 0 radical (unpaired) electrons. The fourth-order valence-corrected chi connectivity index (χ4v) is 6.88. The second-order valence-electron chi connectivity index (χ2n) is 17.5. The van der Waals surface area contributed by atoms with Gasteiger partial charge in [0.1, 0.15) is 13.2 Å². The number of esters is 3. The van der Waals surface area contributed by atoms with Crippen LogP contribution in [0.4, 0.5) is 0 Å². The van der Waals surface area contributed by atoms with Crippen LogP contribution in [-0.4, -0.2) is 37.2 Å². The maximum Gasteiger partial charge on any atom is 0.306 e. The summed E-state index contributed by atoms with van der Waals surface area (Å²) in [5.74, 6) is 1.51. The fourth-order valence-electron chi connectivity index (χ4n) is 6.88. The molecular formula is C47H90O6. The molecule has 6 nitrogen and oxygen atoms in total. The number of rotatable bonds is 40. The van der Waals surface area contributed by atoms with Crippen molar-refractivity contribution in [1.29, 1.82) is 0 Å². The van der Waals surface area contributed by atoms with Gasteiger partial charge in [-0.2, -0.15) is 0 Å². The SMILES string of the molecule is CC(C)CCCCCCCCCCCCCCCC(=O)OC[C@@H](COC(=O)CCCCCCCCCC(C)C)OC(=O)CCCCCCCCC(C)C. The summed E-state index contributed by atoms with van der Waals surface area (Å²) in [6.45, 7) is 13.6. The van der Waals surface area contributed by atoms with Crippen molar-refractivity contribution in [2.45, 2.75) is 253 Å². The monoisotopic (exact) mass is 751 g/mol. The van der Waals surface area contributed by atoms with Crippen LogP contribution in [0.15, 0.2) is 0 Å². The van der Waals surface area contributed by atoms with E-state index in [9.17, 15) is 14.4 Å². The number of carbonyl (C=O) groups is 3. The van der Waals surface area contributed by atoms with Crippen LogP contribution in [0.1, 0.15) is 247 Å². The van der Waals surface area contributed by atoms with Crippen LogP contribution < -0.4 is 0 Å². The first kappa shape index (κ1) is 51.4. The molecule has 0 rings (SSSR count). The predicted octanol–water partition coefficient (Wildman–Crippen LogP) is 14.4. The highest BCUT2D eigenvalue weighted by molar-refractivity contribution is 5.71. The Kier molecular flexibility index (Phi) is 37.5. The number of hydrogen-bond donors (Lipinski definition) is 0. The Morgan fingerprint density at radius 3 is 0.811 bits per heavy atom. The summed E-state index contributed by atoms with van der Waals surface area (Å²) < 4.78 is 16.7. The molecular weight excluding hydrogens is 661 g/mol. The van der Waals surface area contributed by atoms with E-state index in [1.165, 1.54) is 128 Å². The first-order valence-corrected chi connectivity index (χ1v) is 23.1. The van der Waals surface area contributed by atoms with E-state index in [-0.39, 0.29) is 31.1 Å². The van der Waals surface area contributed by atoms with E-state index in [0.717, 1.165) is 75.5 Å². The highest BCUT2D eigenvalue weighted by Crippen LogP contribution is 2.17. The molecule has 314 valence electrons. The van der Waals surface area contributed by atoms with Gasteiger partial charge in [0.25, 0.3) is 0 Å². The van der Waals surface area contributed by atoms with Crippen LogP contribution in [0.25, 0.3) is 0 Å².